The van der Waals surface area contributed by atoms with Crippen LogP contribution in [0, 0.1) is 17.3 Å². The van der Waals surface area contributed by atoms with Crippen LogP contribution in [0.2, 0.25) is 0 Å². The van der Waals surface area contributed by atoms with Gasteiger partial charge in [-0.25, -0.2) is 4.79 Å². The molecule has 25 heavy (non-hydrogen) atoms. The highest BCUT2D eigenvalue weighted by Gasteiger charge is 2.37. The number of carbonyl (C=O) groups excluding carboxylic acids is 2. The standard InChI is InChI=1S/C20H29NO3S/c1-5-20(3,4)13-9-10-14-15(11-13)25-18(16(14)19(23)24-6-2)21-17(22)12-7-8-12/h12-13H,5-11H2,1-4H3,(H,21,22)/t13-/m1/s1. The Kier molecular flexibility index (Phi) is 5.24. The van der Waals surface area contributed by atoms with Crippen LogP contribution in [0.4, 0.5) is 5.00 Å². The zero-order valence-corrected chi connectivity index (χ0v) is 16.6. The van der Waals surface area contributed by atoms with Crippen LogP contribution in [0.5, 0.6) is 0 Å². The van der Waals surface area contributed by atoms with Gasteiger partial charge in [0.15, 0.2) is 0 Å². The molecule has 2 aliphatic rings. The molecule has 1 aromatic heterocycles. The van der Waals surface area contributed by atoms with Gasteiger partial charge in [-0.05, 0) is 55.9 Å². The molecule has 0 aromatic carbocycles. The number of hydrogen-bond acceptors (Lipinski definition) is 4. The van der Waals surface area contributed by atoms with Crippen LogP contribution in [0.3, 0.4) is 0 Å². The van der Waals surface area contributed by atoms with Crippen LogP contribution in [-0.4, -0.2) is 18.5 Å². The fourth-order valence-corrected chi connectivity index (χ4v) is 4.93. The first-order valence-corrected chi connectivity index (χ1v) is 10.3. The van der Waals surface area contributed by atoms with Crippen molar-refractivity contribution in [2.24, 2.45) is 17.3 Å². The van der Waals surface area contributed by atoms with Gasteiger partial charge in [0, 0.05) is 10.8 Å². The summed E-state index contributed by atoms with van der Waals surface area (Å²) in [4.78, 5) is 26.0. The van der Waals surface area contributed by atoms with E-state index in [4.69, 9.17) is 4.74 Å². The molecule has 138 valence electrons. The topological polar surface area (TPSA) is 55.4 Å². The van der Waals surface area contributed by atoms with Gasteiger partial charge in [-0.1, -0.05) is 27.2 Å². The van der Waals surface area contributed by atoms with Gasteiger partial charge in [-0.2, -0.15) is 0 Å². The fraction of sp³-hybridized carbons (Fsp3) is 0.700. The molecule has 0 bridgehead atoms. The van der Waals surface area contributed by atoms with Gasteiger partial charge in [-0.15, -0.1) is 11.3 Å². The molecule has 4 nitrogen and oxygen atoms in total. The summed E-state index contributed by atoms with van der Waals surface area (Å²) in [6, 6.07) is 0. The number of amides is 1. The van der Waals surface area contributed by atoms with Gasteiger partial charge < -0.3 is 10.1 Å². The van der Waals surface area contributed by atoms with Crippen molar-refractivity contribution in [3.05, 3.63) is 16.0 Å². The molecule has 1 amide bonds. The van der Waals surface area contributed by atoms with E-state index in [1.807, 2.05) is 6.92 Å². The van der Waals surface area contributed by atoms with Gasteiger partial charge in [0.05, 0.1) is 12.2 Å². The number of ether oxygens (including phenoxy) is 1. The SMILES string of the molecule is CCOC(=O)c1c(NC(=O)C2CC2)sc2c1CC[C@@H](C(C)(C)CC)C2. The van der Waals surface area contributed by atoms with E-state index in [1.165, 1.54) is 4.88 Å². The maximum absolute atomic E-state index is 12.5. The van der Waals surface area contributed by atoms with Crippen molar-refractivity contribution >= 4 is 28.2 Å². The van der Waals surface area contributed by atoms with E-state index in [1.54, 1.807) is 11.3 Å². The summed E-state index contributed by atoms with van der Waals surface area (Å²) >= 11 is 1.59. The largest absolute Gasteiger partial charge is 0.462 e. The molecule has 1 aromatic rings. The van der Waals surface area contributed by atoms with Gasteiger partial charge in [0.2, 0.25) is 5.91 Å². The molecule has 0 radical (unpaired) electrons. The summed E-state index contributed by atoms with van der Waals surface area (Å²) < 4.78 is 5.28. The summed E-state index contributed by atoms with van der Waals surface area (Å²) in [6.07, 6.45) is 6.04. The zero-order valence-electron chi connectivity index (χ0n) is 15.7. The van der Waals surface area contributed by atoms with Crippen molar-refractivity contribution in [3.63, 3.8) is 0 Å². The molecule has 1 fully saturated rings. The zero-order chi connectivity index (χ0) is 18.2. The number of hydrogen-bond donors (Lipinski definition) is 1. The van der Waals surface area contributed by atoms with Crippen molar-refractivity contribution in [2.75, 3.05) is 11.9 Å². The molecule has 1 atom stereocenters. The number of esters is 1. The molecule has 0 unspecified atom stereocenters. The van der Waals surface area contributed by atoms with E-state index in [0.29, 0.717) is 28.5 Å². The Morgan fingerprint density at radius 2 is 1.96 bits per heavy atom. The second kappa shape index (κ2) is 7.10. The summed E-state index contributed by atoms with van der Waals surface area (Å²) in [5, 5.41) is 3.72. The summed E-state index contributed by atoms with van der Waals surface area (Å²) in [5.41, 5.74) is 2.02. The molecule has 0 spiro atoms. The molecule has 1 heterocycles. The lowest BCUT2D eigenvalue weighted by Gasteiger charge is -2.36. The Bertz CT molecular complexity index is 673. The first kappa shape index (κ1) is 18.4. The first-order valence-electron chi connectivity index (χ1n) is 9.49. The third-order valence-corrected chi connectivity index (χ3v) is 7.12. The van der Waals surface area contributed by atoms with E-state index in [0.717, 1.165) is 44.1 Å². The Morgan fingerprint density at radius 1 is 1.24 bits per heavy atom. The summed E-state index contributed by atoms with van der Waals surface area (Å²) in [6.45, 7) is 9.08. The van der Waals surface area contributed by atoms with E-state index in [2.05, 4.69) is 26.1 Å². The number of carbonyl (C=O) groups is 2. The Labute approximate surface area is 154 Å². The Morgan fingerprint density at radius 3 is 2.56 bits per heavy atom. The maximum atomic E-state index is 12.5. The number of rotatable bonds is 6. The third kappa shape index (κ3) is 3.76. The van der Waals surface area contributed by atoms with Crippen LogP contribution in [0.15, 0.2) is 0 Å². The number of anilines is 1. The number of fused-ring (bicyclic) bond motifs is 1. The normalized spacial score (nSPS) is 20.1. The van der Waals surface area contributed by atoms with Crippen molar-refractivity contribution in [2.45, 2.75) is 66.2 Å². The van der Waals surface area contributed by atoms with E-state index >= 15 is 0 Å². The van der Waals surface area contributed by atoms with Crippen molar-refractivity contribution < 1.29 is 14.3 Å². The molecule has 5 heteroatoms. The van der Waals surface area contributed by atoms with Gasteiger partial charge in [0.25, 0.3) is 0 Å². The lowest BCUT2D eigenvalue weighted by Crippen LogP contribution is -2.28. The number of nitrogens with one attached hydrogen (secondary N) is 1. The molecule has 0 saturated heterocycles. The van der Waals surface area contributed by atoms with E-state index < -0.39 is 0 Å². The van der Waals surface area contributed by atoms with Crippen LogP contribution in [0.1, 0.15) is 74.2 Å². The van der Waals surface area contributed by atoms with E-state index in [-0.39, 0.29) is 17.8 Å². The van der Waals surface area contributed by atoms with Gasteiger partial charge in [0.1, 0.15) is 5.00 Å². The highest BCUT2D eigenvalue weighted by molar-refractivity contribution is 7.17. The minimum absolute atomic E-state index is 0.0505. The Hall–Kier alpha value is -1.36. The van der Waals surface area contributed by atoms with Crippen LogP contribution >= 0.6 is 11.3 Å². The van der Waals surface area contributed by atoms with E-state index in [9.17, 15) is 9.59 Å². The summed E-state index contributed by atoms with van der Waals surface area (Å²) in [5.74, 6) is 0.500. The maximum Gasteiger partial charge on any atom is 0.341 e. The van der Waals surface area contributed by atoms with Crippen molar-refractivity contribution in [1.82, 2.24) is 0 Å². The second-order valence-corrected chi connectivity index (χ2v) is 9.08. The minimum Gasteiger partial charge on any atom is -0.462 e. The van der Waals surface area contributed by atoms with Gasteiger partial charge >= 0.3 is 5.97 Å². The predicted molar refractivity (Wildman–Crippen MR) is 101 cm³/mol. The fourth-order valence-electron chi connectivity index (χ4n) is 3.61. The Balaban J connectivity index is 1.90. The monoisotopic (exact) mass is 363 g/mol. The van der Waals surface area contributed by atoms with Crippen LogP contribution in [-0.2, 0) is 22.4 Å². The lowest BCUT2D eigenvalue weighted by molar-refractivity contribution is -0.117. The average Bonchev–Trinajstić information content (AvgIpc) is 3.36. The molecule has 0 aliphatic heterocycles. The molecular formula is C20H29NO3S. The smallest absolute Gasteiger partial charge is 0.341 e. The summed E-state index contributed by atoms with van der Waals surface area (Å²) in [7, 11) is 0. The molecule has 1 saturated carbocycles. The third-order valence-electron chi connectivity index (χ3n) is 5.95. The molecule has 1 N–H and O–H groups in total. The second-order valence-electron chi connectivity index (χ2n) is 7.97. The highest BCUT2D eigenvalue weighted by atomic mass is 32.1. The minimum atomic E-state index is -0.292. The molecular weight excluding hydrogens is 334 g/mol. The molecule has 3 rings (SSSR count). The van der Waals surface area contributed by atoms with Gasteiger partial charge in [-0.3, -0.25) is 4.79 Å². The lowest BCUT2D eigenvalue weighted by atomic mass is 9.69. The number of thiophene rings is 1. The molecule has 2 aliphatic carbocycles. The highest BCUT2D eigenvalue weighted by Crippen LogP contribution is 2.46. The van der Waals surface area contributed by atoms with Crippen molar-refractivity contribution in [1.29, 1.82) is 0 Å². The van der Waals surface area contributed by atoms with Crippen LogP contribution in [0.25, 0.3) is 0 Å². The first-order chi connectivity index (χ1) is 11.9. The van der Waals surface area contributed by atoms with Crippen LogP contribution < -0.4 is 5.32 Å². The predicted octanol–water partition coefficient (Wildman–Crippen LogP) is 4.81. The van der Waals surface area contributed by atoms with Crippen molar-refractivity contribution in [3.8, 4) is 0 Å². The average molecular weight is 364 g/mol. The quantitative estimate of drug-likeness (QED) is 0.738.